The van der Waals surface area contributed by atoms with Crippen LogP contribution in [0.25, 0.3) is 0 Å². The summed E-state index contributed by atoms with van der Waals surface area (Å²) >= 11 is 1.36. The highest BCUT2D eigenvalue weighted by atomic mass is 32.1. The minimum absolute atomic E-state index is 0.0307. The Kier molecular flexibility index (Phi) is 5.71. The van der Waals surface area contributed by atoms with Gasteiger partial charge in [0.15, 0.2) is 0 Å². The average Bonchev–Trinajstić information content (AvgIpc) is 2.64. The van der Waals surface area contributed by atoms with E-state index in [9.17, 15) is 9.59 Å². The lowest BCUT2D eigenvalue weighted by Gasteiger charge is -2.15. The minimum atomic E-state index is -0.604. The maximum atomic E-state index is 12.0. The highest BCUT2D eigenvalue weighted by Crippen LogP contribution is 2.33. The van der Waals surface area contributed by atoms with Gasteiger partial charge in [0, 0.05) is 4.88 Å². The molecule has 0 aliphatic heterocycles. The normalized spacial score (nSPS) is 12.3. The first-order chi connectivity index (χ1) is 9.29. The van der Waals surface area contributed by atoms with Crippen LogP contribution in [0, 0.1) is 19.8 Å². The summed E-state index contributed by atoms with van der Waals surface area (Å²) in [5.41, 5.74) is 7.08. The van der Waals surface area contributed by atoms with Crippen molar-refractivity contribution in [2.45, 2.75) is 40.7 Å². The van der Waals surface area contributed by atoms with Gasteiger partial charge in [-0.15, -0.1) is 11.3 Å². The number of anilines is 1. The number of nitrogens with one attached hydrogen (secondary N) is 1. The third-order valence-electron chi connectivity index (χ3n) is 3.12. The summed E-state index contributed by atoms with van der Waals surface area (Å²) in [4.78, 5) is 25.0. The molecule has 20 heavy (non-hydrogen) atoms. The van der Waals surface area contributed by atoms with Gasteiger partial charge in [0.2, 0.25) is 5.91 Å². The Labute approximate surface area is 123 Å². The number of hydrogen-bond acceptors (Lipinski definition) is 5. The molecule has 1 atom stereocenters. The topological polar surface area (TPSA) is 81.4 Å². The standard InChI is InChI=1S/C14H22N2O3S/c1-6-19-14(18)10-8(4)9(5)20-13(10)16-12(17)11(15)7(2)3/h7,11H,6,15H2,1-5H3,(H,16,17). The molecule has 0 aliphatic carbocycles. The van der Waals surface area contributed by atoms with Gasteiger partial charge in [0.05, 0.1) is 18.2 Å². The van der Waals surface area contributed by atoms with E-state index in [-0.39, 0.29) is 11.8 Å². The number of hydrogen-bond donors (Lipinski definition) is 2. The maximum absolute atomic E-state index is 12.0. The molecule has 1 heterocycles. The first kappa shape index (κ1) is 16.7. The number of carbonyl (C=O) groups is 2. The molecular formula is C14H22N2O3S. The second-order valence-electron chi connectivity index (χ2n) is 4.97. The molecule has 1 aromatic rings. The number of nitrogens with two attached hydrogens (primary N) is 1. The van der Waals surface area contributed by atoms with Crippen LogP contribution < -0.4 is 11.1 Å². The summed E-state index contributed by atoms with van der Waals surface area (Å²) < 4.78 is 5.04. The predicted octanol–water partition coefficient (Wildman–Crippen LogP) is 2.46. The van der Waals surface area contributed by atoms with E-state index in [0.717, 1.165) is 10.4 Å². The summed E-state index contributed by atoms with van der Waals surface area (Å²) in [5.74, 6) is -0.669. The van der Waals surface area contributed by atoms with E-state index < -0.39 is 12.0 Å². The van der Waals surface area contributed by atoms with Gasteiger partial charge in [-0.1, -0.05) is 13.8 Å². The largest absolute Gasteiger partial charge is 0.462 e. The zero-order chi connectivity index (χ0) is 15.4. The molecule has 1 amide bonds. The van der Waals surface area contributed by atoms with E-state index in [4.69, 9.17) is 10.5 Å². The smallest absolute Gasteiger partial charge is 0.341 e. The van der Waals surface area contributed by atoms with Crippen LogP contribution in [0.3, 0.4) is 0 Å². The van der Waals surface area contributed by atoms with Crippen LogP contribution in [0.1, 0.15) is 41.6 Å². The minimum Gasteiger partial charge on any atom is -0.462 e. The van der Waals surface area contributed by atoms with Crippen LogP contribution in [0.4, 0.5) is 5.00 Å². The molecule has 112 valence electrons. The summed E-state index contributed by atoms with van der Waals surface area (Å²) in [6.07, 6.45) is 0. The molecule has 0 aliphatic rings. The second-order valence-corrected chi connectivity index (χ2v) is 6.19. The van der Waals surface area contributed by atoms with Crippen molar-refractivity contribution in [1.29, 1.82) is 0 Å². The molecule has 1 rings (SSSR count). The fourth-order valence-electron chi connectivity index (χ4n) is 1.66. The van der Waals surface area contributed by atoms with Gasteiger partial charge in [0.25, 0.3) is 0 Å². The molecule has 1 unspecified atom stereocenters. The predicted molar refractivity (Wildman–Crippen MR) is 81.2 cm³/mol. The van der Waals surface area contributed by atoms with Crippen molar-refractivity contribution in [1.82, 2.24) is 0 Å². The van der Waals surface area contributed by atoms with Crippen molar-refractivity contribution < 1.29 is 14.3 Å². The molecule has 5 nitrogen and oxygen atoms in total. The molecule has 0 spiro atoms. The number of rotatable bonds is 5. The van der Waals surface area contributed by atoms with Crippen molar-refractivity contribution in [2.24, 2.45) is 11.7 Å². The van der Waals surface area contributed by atoms with Crippen molar-refractivity contribution >= 4 is 28.2 Å². The SMILES string of the molecule is CCOC(=O)c1c(NC(=O)C(N)C(C)C)sc(C)c1C. The van der Waals surface area contributed by atoms with Crippen LogP contribution in [-0.4, -0.2) is 24.5 Å². The summed E-state index contributed by atoms with van der Waals surface area (Å²) in [5, 5.41) is 3.26. The van der Waals surface area contributed by atoms with Gasteiger partial charge < -0.3 is 15.8 Å². The molecule has 0 saturated heterocycles. The van der Waals surface area contributed by atoms with Gasteiger partial charge in [-0.3, -0.25) is 4.79 Å². The number of aryl methyl sites for hydroxylation is 1. The Morgan fingerprint density at radius 1 is 1.35 bits per heavy atom. The lowest BCUT2D eigenvalue weighted by molar-refractivity contribution is -0.118. The Morgan fingerprint density at radius 3 is 2.45 bits per heavy atom. The van der Waals surface area contributed by atoms with Crippen LogP contribution >= 0.6 is 11.3 Å². The number of ether oxygens (including phenoxy) is 1. The van der Waals surface area contributed by atoms with Gasteiger partial charge in [-0.25, -0.2) is 4.79 Å². The molecule has 0 fully saturated rings. The van der Waals surface area contributed by atoms with E-state index in [2.05, 4.69) is 5.32 Å². The molecule has 3 N–H and O–H groups in total. The number of amides is 1. The van der Waals surface area contributed by atoms with E-state index >= 15 is 0 Å². The number of esters is 1. The molecule has 0 bridgehead atoms. The Balaban J connectivity index is 3.04. The first-order valence-corrected chi connectivity index (χ1v) is 7.44. The molecular weight excluding hydrogens is 276 g/mol. The van der Waals surface area contributed by atoms with Crippen LogP contribution in [0.2, 0.25) is 0 Å². The van der Waals surface area contributed by atoms with E-state index in [1.807, 2.05) is 27.7 Å². The molecule has 0 aromatic carbocycles. The van der Waals surface area contributed by atoms with Gasteiger partial charge in [-0.2, -0.15) is 0 Å². The number of carbonyl (C=O) groups excluding carboxylic acids is 2. The summed E-state index contributed by atoms with van der Waals surface area (Å²) in [6, 6.07) is -0.604. The molecule has 0 saturated carbocycles. The average molecular weight is 298 g/mol. The van der Waals surface area contributed by atoms with E-state index in [1.165, 1.54) is 11.3 Å². The Hall–Kier alpha value is -1.40. The zero-order valence-corrected chi connectivity index (χ0v) is 13.4. The maximum Gasteiger partial charge on any atom is 0.341 e. The first-order valence-electron chi connectivity index (χ1n) is 6.63. The molecule has 0 radical (unpaired) electrons. The van der Waals surface area contributed by atoms with Gasteiger partial charge >= 0.3 is 5.97 Å². The fourth-order valence-corrected chi connectivity index (χ4v) is 2.71. The fraction of sp³-hybridized carbons (Fsp3) is 0.571. The van der Waals surface area contributed by atoms with Crippen molar-refractivity contribution in [3.8, 4) is 0 Å². The Morgan fingerprint density at radius 2 is 1.95 bits per heavy atom. The van der Waals surface area contributed by atoms with Crippen LogP contribution in [0.5, 0.6) is 0 Å². The quantitative estimate of drug-likeness (QED) is 0.818. The number of thiophene rings is 1. The lowest BCUT2D eigenvalue weighted by atomic mass is 10.0. The van der Waals surface area contributed by atoms with Gasteiger partial charge in [-0.05, 0) is 32.3 Å². The third-order valence-corrected chi connectivity index (χ3v) is 4.25. The highest BCUT2D eigenvalue weighted by molar-refractivity contribution is 7.16. The monoisotopic (exact) mass is 298 g/mol. The summed E-state index contributed by atoms with van der Waals surface area (Å²) in [6.45, 7) is 9.55. The zero-order valence-electron chi connectivity index (χ0n) is 12.6. The molecule has 6 heteroatoms. The van der Waals surface area contributed by atoms with E-state index in [1.54, 1.807) is 6.92 Å². The third kappa shape index (κ3) is 3.58. The van der Waals surface area contributed by atoms with Crippen molar-refractivity contribution in [3.63, 3.8) is 0 Å². The highest BCUT2D eigenvalue weighted by Gasteiger charge is 2.24. The second kappa shape index (κ2) is 6.85. The van der Waals surface area contributed by atoms with Crippen LogP contribution in [0.15, 0.2) is 0 Å². The summed E-state index contributed by atoms with van der Waals surface area (Å²) in [7, 11) is 0. The van der Waals surface area contributed by atoms with E-state index in [0.29, 0.717) is 17.2 Å². The van der Waals surface area contributed by atoms with Crippen molar-refractivity contribution in [2.75, 3.05) is 11.9 Å². The van der Waals surface area contributed by atoms with Crippen LogP contribution in [-0.2, 0) is 9.53 Å². The van der Waals surface area contributed by atoms with Crippen molar-refractivity contribution in [3.05, 3.63) is 16.0 Å². The van der Waals surface area contributed by atoms with Gasteiger partial charge in [0.1, 0.15) is 5.00 Å². The Bertz CT molecular complexity index is 509. The molecule has 1 aromatic heterocycles. The lowest BCUT2D eigenvalue weighted by Crippen LogP contribution is -2.39.